The van der Waals surface area contributed by atoms with Gasteiger partial charge in [0, 0.05) is 13.0 Å². The van der Waals surface area contributed by atoms with Gasteiger partial charge in [-0.3, -0.25) is 4.57 Å². The third kappa shape index (κ3) is 5.85. The summed E-state index contributed by atoms with van der Waals surface area (Å²) in [4.78, 5) is 24.8. The van der Waals surface area contributed by atoms with Gasteiger partial charge in [-0.05, 0) is 43.6 Å². The molecule has 1 amide bonds. The van der Waals surface area contributed by atoms with Gasteiger partial charge in [0.25, 0.3) is 0 Å². The Labute approximate surface area is 194 Å². The van der Waals surface area contributed by atoms with E-state index in [-0.39, 0.29) is 18.7 Å². The second-order valence-corrected chi connectivity index (χ2v) is 9.85. The molecule has 32 heavy (non-hydrogen) atoms. The highest BCUT2D eigenvalue weighted by atomic mass is 79.9. The number of aromatic nitrogens is 3. The highest BCUT2D eigenvalue weighted by molar-refractivity contribution is 9.09. The molecule has 0 saturated carbocycles. The van der Waals surface area contributed by atoms with Gasteiger partial charge in [-0.2, -0.15) is 5.10 Å². The standard InChI is InChI=1S/C23H26BrFN4O3/c1-22(2,3)32-20(30)26-14-17(13-25)15-29-21(31)28(16-27-29)23(24)11-7-10-19(12-23)18-8-5-4-6-9-18/h4-11,13,16H,12,14-15H2,1-3H3,(H,26,30)/b17-13+. The Balaban J connectivity index is 1.71. The lowest BCUT2D eigenvalue weighted by Crippen LogP contribution is -2.37. The van der Waals surface area contributed by atoms with E-state index < -0.39 is 21.8 Å². The number of carbonyl (C=O) groups excluding carboxylic acids is 1. The monoisotopic (exact) mass is 504 g/mol. The summed E-state index contributed by atoms with van der Waals surface area (Å²) >= 11 is 3.69. The smallest absolute Gasteiger partial charge is 0.407 e. The van der Waals surface area contributed by atoms with Gasteiger partial charge in [0.05, 0.1) is 12.9 Å². The number of nitrogens with one attached hydrogen (secondary N) is 1. The number of alkyl halides is 1. The molecular weight excluding hydrogens is 479 g/mol. The molecule has 1 atom stereocenters. The zero-order chi connectivity index (χ0) is 23.4. The first kappa shape index (κ1) is 23.7. The van der Waals surface area contributed by atoms with Crippen molar-refractivity contribution in [2.75, 3.05) is 6.54 Å². The van der Waals surface area contributed by atoms with Crippen LogP contribution in [0.4, 0.5) is 9.18 Å². The second kappa shape index (κ2) is 9.68. The molecule has 170 valence electrons. The molecule has 0 bridgehead atoms. The summed E-state index contributed by atoms with van der Waals surface area (Å²) in [5, 5.41) is 6.62. The zero-order valence-corrected chi connectivity index (χ0v) is 19.8. The van der Waals surface area contributed by atoms with Crippen LogP contribution in [0.15, 0.2) is 71.6 Å². The molecule has 1 unspecified atom stereocenters. The molecule has 0 aliphatic heterocycles. The van der Waals surface area contributed by atoms with E-state index in [0.717, 1.165) is 15.8 Å². The van der Waals surface area contributed by atoms with E-state index >= 15 is 0 Å². The lowest BCUT2D eigenvalue weighted by molar-refractivity contribution is 0.0532. The van der Waals surface area contributed by atoms with Crippen molar-refractivity contribution in [1.29, 1.82) is 0 Å². The Hall–Kier alpha value is -2.94. The molecule has 0 fully saturated rings. The third-order valence-corrected chi connectivity index (χ3v) is 5.66. The summed E-state index contributed by atoms with van der Waals surface area (Å²) in [6, 6.07) is 9.91. The minimum Gasteiger partial charge on any atom is -0.444 e. The highest BCUT2D eigenvalue weighted by Gasteiger charge is 2.32. The second-order valence-electron chi connectivity index (χ2n) is 8.48. The number of benzene rings is 1. The Morgan fingerprint density at radius 3 is 2.72 bits per heavy atom. The number of rotatable bonds is 6. The Morgan fingerprint density at radius 2 is 2.06 bits per heavy atom. The summed E-state index contributed by atoms with van der Waals surface area (Å²) in [5.41, 5.74) is 1.24. The van der Waals surface area contributed by atoms with Crippen LogP contribution in [0.25, 0.3) is 5.57 Å². The predicted molar refractivity (Wildman–Crippen MR) is 125 cm³/mol. The van der Waals surface area contributed by atoms with Gasteiger partial charge in [0.2, 0.25) is 0 Å². The molecule has 1 heterocycles. The van der Waals surface area contributed by atoms with Crippen molar-refractivity contribution < 1.29 is 13.9 Å². The maximum atomic E-state index is 13.4. The van der Waals surface area contributed by atoms with E-state index in [0.29, 0.717) is 12.8 Å². The molecule has 9 heteroatoms. The van der Waals surface area contributed by atoms with Gasteiger partial charge in [0.1, 0.15) is 16.4 Å². The van der Waals surface area contributed by atoms with Gasteiger partial charge in [-0.15, -0.1) is 0 Å². The molecule has 1 aromatic carbocycles. The summed E-state index contributed by atoms with van der Waals surface area (Å²) in [6.45, 7) is 4.99. The predicted octanol–water partition coefficient (Wildman–Crippen LogP) is 4.51. The molecule has 0 radical (unpaired) electrons. The number of nitrogens with zero attached hydrogens (tertiary/aromatic N) is 3. The maximum Gasteiger partial charge on any atom is 0.407 e. The molecule has 1 aliphatic rings. The Kier molecular flexibility index (Phi) is 7.18. The van der Waals surface area contributed by atoms with Gasteiger partial charge in [-0.25, -0.2) is 18.7 Å². The van der Waals surface area contributed by atoms with Gasteiger partial charge in [-0.1, -0.05) is 58.4 Å². The van der Waals surface area contributed by atoms with Crippen molar-refractivity contribution in [2.24, 2.45) is 0 Å². The van der Waals surface area contributed by atoms with E-state index in [1.807, 2.05) is 48.6 Å². The van der Waals surface area contributed by atoms with Gasteiger partial charge in [0.15, 0.2) is 0 Å². The van der Waals surface area contributed by atoms with Crippen LogP contribution in [0.1, 0.15) is 32.8 Å². The fourth-order valence-electron chi connectivity index (χ4n) is 3.23. The molecule has 0 spiro atoms. The Bertz CT molecular complexity index is 1110. The number of allylic oxidation sites excluding steroid dienone is 4. The lowest BCUT2D eigenvalue weighted by Gasteiger charge is -2.28. The van der Waals surface area contributed by atoms with E-state index in [4.69, 9.17) is 4.74 Å². The topological polar surface area (TPSA) is 78.2 Å². The summed E-state index contributed by atoms with van der Waals surface area (Å²) < 4.78 is 20.4. The number of halogens is 2. The Morgan fingerprint density at radius 1 is 1.34 bits per heavy atom. The van der Waals surface area contributed by atoms with Crippen molar-refractivity contribution in [3.8, 4) is 0 Å². The van der Waals surface area contributed by atoms with Crippen LogP contribution in [-0.2, 0) is 15.7 Å². The number of carbonyl (C=O) groups is 1. The number of amides is 1. The molecule has 2 aromatic rings. The van der Waals surface area contributed by atoms with Gasteiger partial charge < -0.3 is 10.1 Å². The van der Waals surface area contributed by atoms with Crippen LogP contribution in [0, 0.1) is 0 Å². The van der Waals surface area contributed by atoms with Crippen LogP contribution in [0.2, 0.25) is 0 Å². The number of alkyl carbamates (subject to hydrolysis) is 1. The molecule has 7 nitrogen and oxygen atoms in total. The van der Waals surface area contributed by atoms with Crippen molar-refractivity contribution in [2.45, 2.75) is 43.8 Å². The number of hydrogen-bond acceptors (Lipinski definition) is 4. The van der Waals surface area contributed by atoms with E-state index in [1.54, 1.807) is 20.8 Å². The third-order valence-electron chi connectivity index (χ3n) is 4.73. The average molecular weight is 505 g/mol. The molecule has 1 aromatic heterocycles. The van der Waals surface area contributed by atoms with Crippen molar-refractivity contribution >= 4 is 27.6 Å². The normalized spacial score (nSPS) is 18.9. The quantitative estimate of drug-likeness (QED) is 0.586. The first-order valence-electron chi connectivity index (χ1n) is 10.1. The number of ether oxygens (including phenoxy) is 1. The van der Waals surface area contributed by atoms with E-state index in [9.17, 15) is 14.0 Å². The molecule has 3 rings (SSSR count). The fourth-order valence-corrected chi connectivity index (χ4v) is 3.93. The minimum atomic E-state index is -0.795. The van der Waals surface area contributed by atoms with Gasteiger partial charge >= 0.3 is 11.8 Å². The van der Waals surface area contributed by atoms with Crippen molar-refractivity contribution in [1.82, 2.24) is 19.7 Å². The summed E-state index contributed by atoms with van der Waals surface area (Å²) in [5.74, 6) is 0. The first-order valence-corrected chi connectivity index (χ1v) is 10.9. The van der Waals surface area contributed by atoms with E-state index in [1.165, 1.54) is 10.9 Å². The molecule has 1 aliphatic carbocycles. The average Bonchev–Trinajstić information content (AvgIpc) is 3.11. The van der Waals surface area contributed by atoms with Crippen LogP contribution in [-0.4, -0.2) is 32.6 Å². The van der Waals surface area contributed by atoms with Crippen LogP contribution in [0.5, 0.6) is 0 Å². The molecule has 1 N–H and O–H groups in total. The van der Waals surface area contributed by atoms with Crippen molar-refractivity contribution in [3.05, 3.63) is 82.8 Å². The highest BCUT2D eigenvalue weighted by Crippen LogP contribution is 2.39. The van der Waals surface area contributed by atoms with E-state index in [2.05, 4.69) is 26.3 Å². The lowest BCUT2D eigenvalue weighted by atomic mass is 9.94. The summed E-state index contributed by atoms with van der Waals surface area (Å²) in [6.07, 6.45) is 7.43. The molecular formula is C23H26BrFN4O3. The number of hydrogen-bond donors (Lipinski definition) is 1. The first-order chi connectivity index (χ1) is 15.1. The van der Waals surface area contributed by atoms with Crippen molar-refractivity contribution in [3.63, 3.8) is 0 Å². The van der Waals surface area contributed by atoms with Crippen LogP contribution >= 0.6 is 15.9 Å². The minimum absolute atomic E-state index is 0.105. The SMILES string of the molecule is CC(C)(C)OC(=O)NC/C(=C\F)Cn1ncn(C2(Br)C=CC=C(c3ccccc3)C2)c1=O. The fraction of sp³-hybridized carbons (Fsp3) is 0.348. The maximum absolute atomic E-state index is 13.4. The zero-order valence-electron chi connectivity index (χ0n) is 18.2. The largest absolute Gasteiger partial charge is 0.444 e. The molecule has 0 saturated heterocycles. The van der Waals surface area contributed by atoms with Crippen LogP contribution < -0.4 is 11.0 Å². The summed E-state index contributed by atoms with van der Waals surface area (Å²) in [7, 11) is 0. The van der Waals surface area contributed by atoms with Crippen LogP contribution in [0.3, 0.4) is 0 Å².